The molecule has 0 aliphatic carbocycles. The summed E-state index contributed by atoms with van der Waals surface area (Å²) >= 11 is 0. The Morgan fingerprint density at radius 1 is 0.315 bits per heavy atom. The molecule has 0 spiro atoms. The molecule has 0 atom stereocenters. The van der Waals surface area contributed by atoms with Gasteiger partial charge >= 0.3 is 23.9 Å². The number of hydrogen-bond donors (Lipinski definition) is 4. The van der Waals surface area contributed by atoms with Crippen molar-refractivity contribution in [1.29, 1.82) is 0 Å². The van der Waals surface area contributed by atoms with Gasteiger partial charge < -0.3 is 106 Å². The predicted octanol–water partition coefficient (Wildman–Crippen LogP) is -2.64. The van der Waals surface area contributed by atoms with Crippen LogP contribution in [-0.2, 0) is 114 Å². The zero-order valence-electron chi connectivity index (χ0n) is 50.9. The van der Waals surface area contributed by atoms with E-state index in [4.69, 9.17) is 76.2 Å². The zero-order valence-corrected chi connectivity index (χ0v) is 50.9. The quantitative estimate of drug-likeness (QED) is 0.0299. The second kappa shape index (κ2) is 46.1. The van der Waals surface area contributed by atoms with E-state index in [1.165, 1.54) is 9.80 Å². The summed E-state index contributed by atoms with van der Waals surface area (Å²) in [6, 6.07) is 4.59. The van der Waals surface area contributed by atoms with Crippen molar-refractivity contribution in [1.82, 2.24) is 29.4 Å². The lowest BCUT2D eigenvalue weighted by molar-refractivity contribution is -0.198. The van der Waals surface area contributed by atoms with Gasteiger partial charge in [0.05, 0.1) is 184 Å². The molecule has 36 nitrogen and oxygen atoms in total. The Balaban J connectivity index is 1.19. The highest BCUT2D eigenvalue weighted by atomic mass is 16.7. The van der Waals surface area contributed by atoms with Crippen LogP contribution in [0.25, 0.3) is 0 Å². The second-order valence-corrected chi connectivity index (χ2v) is 18.9. The van der Waals surface area contributed by atoms with Crippen LogP contribution >= 0.6 is 0 Å². The van der Waals surface area contributed by atoms with E-state index in [-0.39, 0.29) is 236 Å². The third kappa shape index (κ3) is 32.3. The first-order valence-electron chi connectivity index (χ1n) is 29.3. The number of rotatable bonds is 52. The van der Waals surface area contributed by atoms with Crippen LogP contribution in [0.4, 0.5) is 0 Å². The molecule has 2 saturated heterocycles. The summed E-state index contributed by atoms with van der Waals surface area (Å²) in [6.07, 6.45) is -0.833. The normalized spacial score (nSPS) is 13.0. The molecule has 2 aliphatic heterocycles. The molecular weight excluding hydrogens is 1240 g/mol. The van der Waals surface area contributed by atoms with Crippen LogP contribution in [0, 0.1) is 11.8 Å². The van der Waals surface area contributed by atoms with E-state index in [0.717, 1.165) is 24.3 Å². The highest BCUT2D eigenvalue weighted by Gasteiger charge is 2.34. The maximum Gasteiger partial charge on any atom is 0.335 e. The molecule has 0 unspecified atom stereocenters. The van der Waals surface area contributed by atoms with E-state index in [9.17, 15) is 68.4 Å². The summed E-state index contributed by atoms with van der Waals surface area (Å²) in [5.41, 5.74) is 0. The molecular formula is C56H80N6O30. The average Bonchev–Trinajstić information content (AvgIpc) is 2.43. The van der Waals surface area contributed by atoms with E-state index in [0.29, 0.717) is 19.6 Å². The smallest absolute Gasteiger partial charge is 0.335 e. The Bertz CT molecular complexity index is 2450. The molecule has 92 heavy (non-hydrogen) atoms. The summed E-state index contributed by atoms with van der Waals surface area (Å²) in [5, 5.41) is 39.3. The number of carbonyl (C=O) groups is 10. The number of hydroxylamine groups is 4. The van der Waals surface area contributed by atoms with Crippen molar-refractivity contribution in [3.8, 4) is 35.4 Å². The van der Waals surface area contributed by atoms with Crippen LogP contribution in [0.3, 0.4) is 0 Å². The van der Waals surface area contributed by atoms with Crippen LogP contribution in [0.1, 0.15) is 51.4 Å². The lowest BCUT2D eigenvalue weighted by Crippen LogP contribution is -2.38. The first-order valence-corrected chi connectivity index (χ1v) is 29.3. The number of nitrogens with zero attached hydrogens (tertiary/aromatic N) is 6. The highest BCUT2D eigenvalue weighted by Crippen LogP contribution is 2.20. The number of aromatic hydroxyl groups is 4. The van der Waals surface area contributed by atoms with Crippen molar-refractivity contribution in [3.05, 3.63) is 24.3 Å². The fourth-order valence-corrected chi connectivity index (χ4v) is 7.28. The monoisotopic (exact) mass is 1320 g/mol. The largest absolute Gasteiger partial charge is 0.492 e. The maximum absolute atomic E-state index is 13.6. The van der Waals surface area contributed by atoms with Gasteiger partial charge in [0.1, 0.15) is 0 Å². The number of carbonyl (C=O) groups excluding carboxylic acids is 10. The lowest BCUT2D eigenvalue weighted by atomic mass is 10.4. The SMILES string of the molecule is O=C(CCOCCOCCOCCN(CCOCCOCCOCCC(=O)ON1C(=O)CCC1=O)C(=O)C#CC(=O)N(CCOCCOCCOCCC(=O)On1c(O)ccc1O)CCOCCOCCOCCC(=O)On1c(O)ccc1O)ON1C(=O)CCC1=O. The van der Waals surface area contributed by atoms with Crippen LogP contribution in [0.2, 0.25) is 0 Å². The molecule has 36 heteroatoms. The van der Waals surface area contributed by atoms with Crippen molar-refractivity contribution in [3.63, 3.8) is 0 Å². The zero-order chi connectivity index (χ0) is 66.6. The fourth-order valence-electron chi connectivity index (χ4n) is 7.28. The minimum atomic E-state index is -0.799. The van der Waals surface area contributed by atoms with Crippen molar-refractivity contribution >= 4 is 59.3 Å². The van der Waals surface area contributed by atoms with E-state index >= 15 is 0 Å². The molecule has 4 heterocycles. The van der Waals surface area contributed by atoms with Crippen LogP contribution in [-0.4, -0.2) is 294 Å². The van der Waals surface area contributed by atoms with Gasteiger partial charge in [0.15, 0.2) is 0 Å². The van der Waals surface area contributed by atoms with Gasteiger partial charge in [-0.15, -0.1) is 19.6 Å². The number of imide groups is 2. The van der Waals surface area contributed by atoms with Gasteiger partial charge in [-0.1, -0.05) is 0 Å². The van der Waals surface area contributed by atoms with E-state index in [2.05, 4.69) is 11.8 Å². The molecule has 0 bridgehead atoms. The molecule has 0 radical (unpaired) electrons. The second-order valence-electron chi connectivity index (χ2n) is 18.9. The summed E-state index contributed by atoms with van der Waals surface area (Å²) < 4.78 is 67.3. The van der Waals surface area contributed by atoms with Gasteiger partial charge in [-0.25, -0.2) is 19.2 Å². The van der Waals surface area contributed by atoms with Crippen molar-refractivity contribution in [2.24, 2.45) is 0 Å². The predicted molar refractivity (Wildman–Crippen MR) is 302 cm³/mol. The molecule has 0 saturated carbocycles. The Labute approximate surface area is 527 Å². The summed E-state index contributed by atoms with van der Waals surface area (Å²) in [7, 11) is 0. The topological polar surface area (TPSA) is 422 Å². The fraction of sp³-hybridized carbons (Fsp3) is 0.643. The molecule has 6 amide bonds. The summed E-state index contributed by atoms with van der Waals surface area (Å²) in [4.78, 5) is 144. The standard InChI is InChI=1S/C56H80N6O30/c63-43(57(15-23-81-31-39-85-35-27-77-19-11-53(73)89-59-45(65)3-4-46(59)66)16-24-82-32-40-86-36-28-78-20-12-54(74)90-60-47(67)5-6-48(60)68)1-2-44(64)58(17-25-83-33-41-87-37-29-79-21-13-55(75)91-61-49(69)7-8-50(61)70)18-26-84-34-42-88-38-30-80-22-14-56(76)92-62-51(71)9-10-52(62)72/h3-6,65-68H,7-42H2. The van der Waals surface area contributed by atoms with E-state index in [1.807, 2.05) is 0 Å². The Hall–Kier alpha value is -8.06. The molecule has 514 valence electrons. The molecule has 4 N–H and O–H groups in total. The molecule has 2 aliphatic rings. The number of amides is 6. The van der Waals surface area contributed by atoms with Gasteiger partial charge in [-0.3, -0.25) is 28.8 Å². The Morgan fingerprint density at radius 3 is 0.739 bits per heavy atom. The van der Waals surface area contributed by atoms with Crippen molar-refractivity contribution in [2.75, 3.05) is 185 Å². The average molecular weight is 1320 g/mol. The first kappa shape index (κ1) is 76.4. The van der Waals surface area contributed by atoms with Gasteiger partial charge in [-0.05, 0) is 0 Å². The molecule has 2 aromatic rings. The van der Waals surface area contributed by atoms with Gasteiger partial charge in [0.25, 0.3) is 35.4 Å². The molecule has 4 rings (SSSR count). The first-order chi connectivity index (χ1) is 44.5. The Morgan fingerprint density at radius 2 is 0.511 bits per heavy atom. The van der Waals surface area contributed by atoms with E-state index in [1.54, 1.807) is 0 Å². The van der Waals surface area contributed by atoms with Gasteiger partial charge in [0.2, 0.25) is 23.5 Å². The highest BCUT2D eigenvalue weighted by molar-refractivity contribution is 6.03. The summed E-state index contributed by atoms with van der Waals surface area (Å²) in [6.45, 7) is 2.27. The van der Waals surface area contributed by atoms with Crippen molar-refractivity contribution < 1.29 is 145 Å². The van der Waals surface area contributed by atoms with Crippen LogP contribution in [0.5, 0.6) is 23.5 Å². The number of aromatic nitrogens is 2. The van der Waals surface area contributed by atoms with Crippen LogP contribution in [0.15, 0.2) is 24.3 Å². The van der Waals surface area contributed by atoms with Crippen molar-refractivity contribution in [2.45, 2.75) is 51.4 Å². The molecule has 2 aromatic heterocycles. The lowest BCUT2D eigenvalue weighted by Gasteiger charge is -2.21. The Kier molecular flexibility index (Phi) is 38.3. The number of hydrogen-bond acceptors (Lipinski definition) is 30. The molecule has 2 fully saturated rings. The minimum absolute atomic E-state index is 0.0227. The third-order valence-electron chi connectivity index (χ3n) is 12.0. The van der Waals surface area contributed by atoms with Gasteiger partial charge in [0, 0.05) is 88.0 Å². The molecule has 0 aromatic carbocycles. The number of ether oxygens (including phenoxy) is 12. The van der Waals surface area contributed by atoms with Gasteiger partial charge in [-0.2, -0.15) is 0 Å². The van der Waals surface area contributed by atoms with Crippen LogP contribution < -0.4 is 9.68 Å². The third-order valence-corrected chi connectivity index (χ3v) is 12.0. The van der Waals surface area contributed by atoms with E-state index < -0.39 is 82.8 Å². The maximum atomic E-state index is 13.6. The summed E-state index contributed by atoms with van der Waals surface area (Å²) in [5.74, 6) is -3.92. The minimum Gasteiger partial charge on any atom is -0.492 e.